The van der Waals surface area contributed by atoms with Gasteiger partial charge < -0.3 is 0 Å². The Kier molecular flexibility index (Phi) is 3.06. The molecule has 2 aliphatic rings. The highest BCUT2D eigenvalue weighted by Crippen LogP contribution is 2.42. The number of alkyl halides is 2. The van der Waals surface area contributed by atoms with Crippen LogP contribution in [0.1, 0.15) is 36.4 Å². The highest BCUT2D eigenvalue weighted by atomic mass is 32.2. The van der Waals surface area contributed by atoms with Crippen LogP contribution < -0.4 is 0 Å². The lowest BCUT2D eigenvalue weighted by atomic mass is 10.0. The normalized spacial score (nSPS) is 29.5. The Morgan fingerprint density at radius 1 is 1.17 bits per heavy atom. The average Bonchev–Trinajstić information content (AvgIpc) is 2.96. The molecule has 0 spiro atoms. The number of fused-ring (bicyclic) bond motifs is 1. The molecule has 1 aromatic heterocycles. The van der Waals surface area contributed by atoms with E-state index < -0.39 is 44.4 Å². The molecule has 0 saturated heterocycles. The second-order valence-electron chi connectivity index (χ2n) is 5.77. The molecule has 2 heterocycles. The largest absolute Gasteiger partial charge is 0.267 e. The van der Waals surface area contributed by atoms with Gasteiger partial charge in [0, 0.05) is 12.0 Å². The molecule has 1 fully saturated rings. The number of rotatable bonds is 3. The van der Waals surface area contributed by atoms with Crippen molar-refractivity contribution in [3.8, 4) is 0 Å². The number of nitrogens with zero attached hydrogens (tertiary/aromatic N) is 3. The van der Waals surface area contributed by atoms with Crippen LogP contribution in [-0.2, 0) is 9.84 Å². The van der Waals surface area contributed by atoms with E-state index in [4.69, 9.17) is 0 Å². The summed E-state index contributed by atoms with van der Waals surface area (Å²) in [6.07, 6.45) is -3.13. The minimum atomic E-state index is -4.01. The monoisotopic (exact) mass is 343 g/mol. The lowest BCUT2D eigenvalue weighted by molar-refractivity contribution is 0.325. The van der Waals surface area contributed by atoms with Gasteiger partial charge in [0.05, 0.1) is 6.04 Å². The molecule has 0 unspecified atom stereocenters. The first kappa shape index (κ1) is 14.7. The van der Waals surface area contributed by atoms with E-state index in [0.29, 0.717) is 0 Å². The summed E-state index contributed by atoms with van der Waals surface area (Å²) >= 11 is 0. The van der Waals surface area contributed by atoms with Crippen molar-refractivity contribution in [2.75, 3.05) is 0 Å². The zero-order valence-electron chi connectivity index (χ0n) is 11.7. The van der Waals surface area contributed by atoms with Crippen LogP contribution in [0.25, 0.3) is 0 Å². The second-order valence-corrected chi connectivity index (χ2v) is 7.83. The summed E-state index contributed by atoms with van der Waals surface area (Å²) in [6.45, 7) is 0. The smallest absolute Gasteiger partial charge is 0.246 e. The van der Waals surface area contributed by atoms with E-state index in [9.17, 15) is 21.6 Å². The summed E-state index contributed by atoms with van der Waals surface area (Å²) in [5.41, 5.74) is 0.220. The maximum Gasteiger partial charge on any atom is 0.267 e. The van der Waals surface area contributed by atoms with E-state index >= 15 is 0 Å². The fraction of sp³-hybridized carbons (Fsp3) is 0.429. The summed E-state index contributed by atoms with van der Waals surface area (Å²) in [5.74, 6) is -0.684. The summed E-state index contributed by atoms with van der Waals surface area (Å²) in [6, 6.07) is 5.09. The molecule has 0 amide bonds. The van der Waals surface area contributed by atoms with Crippen molar-refractivity contribution >= 4 is 9.84 Å². The van der Waals surface area contributed by atoms with Gasteiger partial charge in [0.1, 0.15) is 17.2 Å². The van der Waals surface area contributed by atoms with Crippen LogP contribution >= 0.6 is 0 Å². The van der Waals surface area contributed by atoms with Gasteiger partial charge in [-0.3, -0.25) is 0 Å². The lowest BCUT2D eigenvalue weighted by Gasteiger charge is -2.12. The molecule has 0 radical (unpaired) electrons. The minimum Gasteiger partial charge on any atom is -0.246 e. The molecule has 23 heavy (non-hydrogen) atoms. The first-order valence-electron chi connectivity index (χ1n) is 7.12. The highest BCUT2D eigenvalue weighted by molar-refractivity contribution is 7.92. The van der Waals surface area contributed by atoms with E-state index in [0.717, 1.165) is 4.68 Å². The van der Waals surface area contributed by atoms with Crippen LogP contribution in [0.4, 0.5) is 13.2 Å². The van der Waals surface area contributed by atoms with Gasteiger partial charge in [-0.15, -0.1) is 5.10 Å². The molecule has 2 aromatic rings. The SMILES string of the molecule is O=S(=O)(c1nc2n(n1)[C@H](c1ccccc1F)C[C@@H]2F)[C@@H]1C[C@H]1F. The van der Waals surface area contributed by atoms with Crippen LogP contribution in [-0.4, -0.2) is 34.6 Å². The van der Waals surface area contributed by atoms with E-state index in [1.54, 1.807) is 6.07 Å². The van der Waals surface area contributed by atoms with Crippen molar-refractivity contribution in [2.45, 2.75) is 41.6 Å². The Morgan fingerprint density at radius 2 is 1.87 bits per heavy atom. The summed E-state index contributed by atoms with van der Waals surface area (Å²) in [5, 5.41) is 2.11. The van der Waals surface area contributed by atoms with Gasteiger partial charge in [-0.2, -0.15) is 4.98 Å². The molecular weight excluding hydrogens is 331 g/mol. The Bertz CT molecular complexity index is 883. The first-order chi connectivity index (χ1) is 10.9. The van der Waals surface area contributed by atoms with Crippen molar-refractivity contribution < 1.29 is 21.6 Å². The van der Waals surface area contributed by atoms with Crippen molar-refractivity contribution in [1.29, 1.82) is 0 Å². The molecule has 0 bridgehead atoms. The molecule has 1 aromatic carbocycles. The quantitative estimate of drug-likeness (QED) is 0.858. The van der Waals surface area contributed by atoms with Crippen LogP contribution in [0.5, 0.6) is 0 Å². The zero-order chi connectivity index (χ0) is 16.4. The van der Waals surface area contributed by atoms with Gasteiger partial charge in [-0.1, -0.05) is 18.2 Å². The average molecular weight is 343 g/mol. The third kappa shape index (κ3) is 2.17. The fourth-order valence-electron chi connectivity index (χ4n) is 2.88. The molecule has 122 valence electrons. The molecule has 5 nitrogen and oxygen atoms in total. The maximum atomic E-state index is 14.2. The summed E-state index contributed by atoms with van der Waals surface area (Å²) in [4.78, 5) is 3.74. The first-order valence-corrected chi connectivity index (χ1v) is 8.67. The molecule has 1 aliphatic heterocycles. The van der Waals surface area contributed by atoms with E-state index in [1.807, 2.05) is 0 Å². The number of halogens is 3. The number of benzene rings is 1. The van der Waals surface area contributed by atoms with E-state index in [2.05, 4.69) is 10.1 Å². The third-order valence-electron chi connectivity index (χ3n) is 4.22. The number of aromatic nitrogens is 3. The third-order valence-corrected chi connectivity index (χ3v) is 6.19. The molecule has 0 N–H and O–H groups in total. The standard InChI is InChI=1S/C14H12F3N3O2S/c15-8-4-2-1-3-7(8)11-5-10(17)13-18-14(19-20(11)13)23(21,22)12-6-9(12)16/h1-4,9-12H,5-6H2/t9-,10+,11+,12-/m1/s1. The fourth-order valence-corrected chi connectivity index (χ4v) is 4.40. The predicted octanol–water partition coefficient (Wildman–Crippen LogP) is 2.31. The molecular formula is C14H12F3N3O2S. The Morgan fingerprint density at radius 3 is 2.52 bits per heavy atom. The van der Waals surface area contributed by atoms with Crippen LogP contribution in [0.2, 0.25) is 0 Å². The van der Waals surface area contributed by atoms with Crippen molar-refractivity contribution in [3.05, 3.63) is 41.5 Å². The van der Waals surface area contributed by atoms with Gasteiger partial charge in [-0.05, 0) is 12.5 Å². The second kappa shape index (κ2) is 4.80. The van der Waals surface area contributed by atoms with Gasteiger partial charge in [0.25, 0.3) is 5.16 Å². The van der Waals surface area contributed by atoms with Gasteiger partial charge >= 0.3 is 0 Å². The number of hydrogen-bond donors (Lipinski definition) is 0. The Labute approximate surface area is 130 Å². The van der Waals surface area contributed by atoms with Crippen LogP contribution in [0.15, 0.2) is 29.4 Å². The number of sulfone groups is 1. The van der Waals surface area contributed by atoms with Gasteiger partial charge in [-0.25, -0.2) is 26.3 Å². The molecule has 1 saturated carbocycles. The van der Waals surface area contributed by atoms with E-state index in [-0.39, 0.29) is 24.2 Å². The van der Waals surface area contributed by atoms with Crippen LogP contribution in [0, 0.1) is 5.82 Å². The van der Waals surface area contributed by atoms with Gasteiger partial charge in [0.2, 0.25) is 9.84 Å². The van der Waals surface area contributed by atoms with Crippen molar-refractivity contribution in [3.63, 3.8) is 0 Å². The lowest BCUT2D eigenvalue weighted by Crippen LogP contribution is -2.14. The molecule has 4 rings (SSSR count). The van der Waals surface area contributed by atoms with Crippen LogP contribution in [0.3, 0.4) is 0 Å². The summed E-state index contributed by atoms with van der Waals surface area (Å²) < 4.78 is 66.6. The van der Waals surface area contributed by atoms with E-state index in [1.165, 1.54) is 18.2 Å². The van der Waals surface area contributed by atoms with Crippen molar-refractivity contribution in [1.82, 2.24) is 14.8 Å². The summed E-state index contributed by atoms with van der Waals surface area (Å²) in [7, 11) is -4.01. The Balaban J connectivity index is 1.77. The van der Waals surface area contributed by atoms with Gasteiger partial charge in [0.15, 0.2) is 12.0 Å². The molecule has 4 atom stereocenters. The molecule has 1 aliphatic carbocycles. The minimum absolute atomic E-state index is 0.0637. The maximum absolute atomic E-state index is 14.2. The molecule has 9 heteroatoms. The zero-order valence-corrected chi connectivity index (χ0v) is 12.5. The highest BCUT2D eigenvalue weighted by Gasteiger charge is 2.51. The topological polar surface area (TPSA) is 64.8 Å². The number of hydrogen-bond acceptors (Lipinski definition) is 4. The predicted molar refractivity (Wildman–Crippen MR) is 73.5 cm³/mol. The van der Waals surface area contributed by atoms with Crippen molar-refractivity contribution in [2.24, 2.45) is 0 Å². The Hall–Kier alpha value is -1.90.